The maximum Gasteiger partial charge on any atom is 0.240 e. The van der Waals surface area contributed by atoms with Crippen LogP contribution in [0, 0.1) is 5.82 Å². The second-order valence-electron chi connectivity index (χ2n) is 6.00. The molecule has 0 atom stereocenters. The molecule has 1 aliphatic heterocycles. The SMILES string of the molecule is O=S(=O)(NCCCN1CCc2ccccc2C1)c1cccc(F)c1. The van der Waals surface area contributed by atoms with Gasteiger partial charge in [-0.3, -0.25) is 4.90 Å². The highest BCUT2D eigenvalue weighted by atomic mass is 32.2. The number of rotatable bonds is 6. The smallest absolute Gasteiger partial charge is 0.240 e. The van der Waals surface area contributed by atoms with Crippen LogP contribution < -0.4 is 4.72 Å². The Balaban J connectivity index is 1.48. The Morgan fingerprint density at radius 1 is 1.08 bits per heavy atom. The Bertz CT molecular complexity index is 808. The van der Waals surface area contributed by atoms with Gasteiger partial charge in [0.05, 0.1) is 4.90 Å². The summed E-state index contributed by atoms with van der Waals surface area (Å²) < 4.78 is 39.9. The van der Waals surface area contributed by atoms with E-state index in [9.17, 15) is 12.8 Å². The van der Waals surface area contributed by atoms with Crippen LogP contribution in [0.4, 0.5) is 4.39 Å². The molecule has 0 amide bonds. The molecular formula is C18H21FN2O2S. The van der Waals surface area contributed by atoms with Gasteiger partial charge in [-0.15, -0.1) is 0 Å². The highest BCUT2D eigenvalue weighted by Crippen LogP contribution is 2.18. The molecule has 1 heterocycles. The van der Waals surface area contributed by atoms with E-state index in [2.05, 4.69) is 33.9 Å². The molecule has 6 heteroatoms. The second kappa shape index (κ2) is 7.42. The maximum absolute atomic E-state index is 13.2. The predicted molar refractivity (Wildman–Crippen MR) is 91.6 cm³/mol. The minimum Gasteiger partial charge on any atom is -0.299 e. The van der Waals surface area contributed by atoms with Gasteiger partial charge in [0, 0.05) is 19.6 Å². The number of halogens is 1. The quantitative estimate of drug-likeness (QED) is 0.816. The third-order valence-electron chi connectivity index (χ3n) is 4.26. The Morgan fingerprint density at radius 3 is 2.67 bits per heavy atom. The van der Waals surface area contributed by atoms with Gasteiger partial charge in [0.2, 0.25) is 10.0 Å². The molecule has 1 aliphatic rings. The van der Waals surface area contributed by atoms with Crippen molar-refractivity contribution >= 4 is 10.0 Å². The number of hydrogen-bond acceptors (Lipinski definition) is 3. The standard InChI is InChI=1S/C18H21FN2O2S/c19-17-7-3-8-18(13-17)24(22,23)20-10-4-11-21-12-9-15-5-1-2-6-16(15)14-21/h1-3,5-8,13,20H,4,9-12,14H2. The first-order valence-electron chi connectivity index (χ1n) is 8.09. The molecule has 2 aromatic carbocycles. The van der Waals surface area contributed by atoms with Crippen molar-refractivity contribution in [2.45, 2.75) is 24.3 Å². The summed E-state index contributed by atoms with van der Waals surface area (Å²) in [5.74, 6) is -0.551. The topological polar surface area (TPSA) is 49.4 Å². The lowest BCUT2D eigenvalue weighted by molar-refractivity contribution is 0.251. The van der Waals surface area contributed by atoms with Crippen molar-refractivity contribution in [3.8, 4) is 0 Å². The van der Waals surface area contributed by atoms with Crippen molar-refractivity contribution in [3.05, 3.63) is 65.5 Å². The van der Waals surface area contributed by atoms with Crippen molar-refractivity contribution in [2.75, 3.05) is 19.6 Å². The lowest BCUT2D eigenvalue weighted by Crippen LogP contribution is -2.33. The highest BCUT2D eigenvalue weighted by molar-refractivity contribution is 7.89. The lowest BCUT2D eigenvalue weighted by atomic mass is 10.00. The number of fused-ring (bicyclic) bond motifs is 1. The first kappa shape index (κ1) is 17.1. The summed E-state index contributed by atoms with van der Waals surface area (Å²) >= 11 is 0. The molecule has 0 spiro atoms. The monoisotopic (exact) mass is 348 g/mol. The molecule has 0 unspecified atom stereocenters. The van der Waals surface area contributed by atoms with Gasteiger partial charge in [-0.25, -0.2) is 17.5 Å². The molecule has 2 aromatic rings. The average Bonchev–Trinajstić information content (AvgIpc) is 2.59. The van der Waals surface area contributed by atoms with E-state index < -0.39 is 15.8 Å². The molecule has 0 aliphatic carbocycles. The zero-order valence-electron chi connectivity index (χ0n) is 13.4. The average molecular weight is 348 g/mol. The van der Waals surface area contributed by atoms with Crippen LogP contribution in [0.1, 0.15) is 17.5 Å². The van der Waals surface area contributed by atoms with Crippen LogP contribution in [0.15, 0.2) is 53.4 Å². The minimum absolute atomic E-state index is 0.0330. The number of benzene rings is 2. The highest BCUT2D eigenvalue weighted by Gasteiger charge is 2.16. The predicted octanol–water partition coefficient (Wildman–Crippen LogP) is 2.55. The van der Waals surface area contributed by atoms with Crippen LogP contribution in [0.2, 0.25) is 0 Å². The van der Waals surface area contributed by atoms with Crippen LogP contribution >= 0.6 is 0 Å². The van der Waals surface area contributed by atoms with Gasteiger partial charge in [0.1, 0.15) is 5.82 Å². The van der Waals surface area contributed by atoms with Gasteiger partial charge in [-0.05, 0) is 48.7 Å². The van der Waals surface area contributed by atoms with Crippen LogP contribution in [0.25, 0.3) is 0 Å². The molecule has 0 saturated carbocycles. The van der Waals surface area contributed by atoms with Crippen LogP contribution in [0.3, 0.4) is 0 Å². The van der Waals surface area contributed by atoms with Gasteiger partial charge in [0.15, 0.2) is 0 Å². The fourth-order valence-electron chi connectivity index (χ4n) is 2.97. The first-order chi connectivity index (χ1) is 11.5. The molecule has 0 fully saturated rings. The van der Waals surface area contributed by atoms with Crippen molar-refractivity contribution in [2.24, 2.45) is 0 Å². The van der Waals surface area contributed by atoms with Crippen molar-refractivity contribution < 1.29 is 12.8 Å². The van der Waals surface area contributed by atoms with E-state index in [0.29, 0.717) is 6.54 Å². The second-order valence-corrected chi connectivity index (χ2v) is 7.77. The van der Waals surface area contributed by atoms with Gasteiger partial charge in [0.25, 0.3) is 0 Å². The Labute approximate surface area is 142 Å². The van der Waals surface area contributed by atoms with E-state index in [0.717, 1.165) is 38.5 Å². The van der Waals surface area contributed by atoms with Gasteiger partial charge in [-0.2, -0.15) is 0 Å². The maximum atomic E-state index is 13.2. The van der Waals surface area contributed by atoms with Crippen LogP contribution in [-0.4, -0.2) is 33.0 Å². The fourth-order valence-corrected chi connectivity index (χ4v) is 4.08. The van der Waals surface area contributed by atoms with Crippen molar-refractivity contribution in [1.29, 1.82) is 0 Å². The molecule has 0 aromatic heterocycles. The van der Waals surface area contributed by atoms with E-state index in [1.807, 2.05) is 0 Å². The van der Waals surface area contributed by atoms with E-state index in [1.54, 1.807) is 0 Å². The molecule has 4 nitrogen and oxygen atoms in total. The van der Waals surface area contributed by atoms with E-state index in [4.69, 9.17) is 0 Å². The first-order valence-corrected chi connectivity index (χ1v) is 9.57. The molecular weight excluding hydrogens is 327 g/mol. The normalized spacial score (nSPS) is 15.2. The molecule has 0 saturated heterocycles. The van der Waals surface area contributed by atoms with Crippen molar-refractivity contribution in [3.63, 3.8) is 0 Å². The molecule has 3 rings (SSSR count). The van der Waals surface area contributed by atoms with Gasteiger partial charge in [-0.1, -0.05) is 30.3 Å². The van der Waals surface area contributed by atoms with Crippen LogP contribution in [0.5, 0.6) is 0 Å². The van der Waals surface area contributed by atoms with Gasteiger partial charge < -0.3 is 0 Å². The Kier molecular flexibility index (Phi) is 5.28. The summed E-state index contributed by atoms with van der Waals surface area (Å²) in [5.41, 5.74) is 2.75. The Hall–Kier alpha value is -1.76. The number of nitrogens with one attached hydrogen (secondary N) is 1. The largest absolute Gasteiger partial charge is 0.299 e. The third-order valence-corrected chi connectivity index (χ3v) is 5.72. The van der Waals surface area contributed by atoms with E-state index >= 15 is 0 Å². The summed E-state index contributed by atoms with van der Waals surface area (Å²) in [6, 6.07) is 13.5. The fraction of sp³-hybridized carbons (Fsp3) is 0.333. The summed E-state index contributed by atoms with van der Waals surface area (Å²) in [5, 5.41) is 0. The summed E-state index contributed by atoms with van der Waals surface area (Å²) in [7, 11) is -3.64. The molecule has 24 heavy (non-hydrogen) atoms. The zero-order valence-corrected chi connectivity index (χ0v) is 14.2. The van der Waals surface area contributed by atoms with Gasteiger partial charge >= 0.3 is 0 Å². The van der Waals surface area contributed by atoms with Crippen LogP contribution in [-0.2, 0) is 23.0 Å². The molecule has 0 bridgehead atoms. The molecule has 128 valence electrons. The van der Waals surface area contributed by atoms with E-state index in [1.165, 1.54) is 29.3 Å². The minimum atomic E-state index is -3.64. The Morgan fingerprint density at radius 2 is 1.88 bits per heavy atom. The van der Waals surface area contributed by atoms with E-state index in [-0.39, 0.29) is 4.90 Å². The summed E-state index contributed by atoms with van der Waals surface area (Å²) in [4.78, 5) is 2.30. The zero-order chi connectivity index (χ0) is 17.0. The lowest BCUT2D eigenvalue weighted by Gasteiger charge is -2.28. The number of hydrogen-bond donors (Lipinski definition) is 1. The molecule has 0 radical (unpaired) electrons. The number of nitrogens with zero attached hydrogens (tertiary/aromatic N) is 1. The molecule has 1 N–H and O–H groups in total. The summed E-state index contributed by atoms with van der Waals surface area (Å²) in [6.07, 6.45) is 1.75. The van der Waals surface area contributed by atoms with Crippen molar-refractivity contribution in [1.82, 2.24) is 9.62 Å². The summed E-state index contributed by atoms with van der Waals surface area (Å²) in [6.45, 7) is 3.08. The third kappa shape index (κ3) is 4.20. The number of sulfonamides is 1.